The van der Waals surface area contributed by atoms with Gasteiger partial charge in [0.25, 0.3) is 0 Å². The molecule has 2 unspecified atom stereocenters. The first-order chi connectivity index (χ1) is 8.00. The fraction of sp³-hybridized carbons (Fsp3) is 0.333. The van der Waals surface area contributed by atoms with E-state index in [0.29, 0.717) is 5.02 Å². The Hall–Kier alpha value is -1.13. The summed E-state index contributed by atoms with van der Waals surface area (Å²) >= 11 is 7.54. The van der Waals surface area contributed by atoms with E-state index in [1.165, 1.54) is 11.3 Å². The first-order valence-electron chi connectivity index (χ1n) is 5.28. The number of nitrogens with zero attached hydrogens (tertiary/aromatic N) is 1. The molecular weight excluding hydrogens is 258 g/mol. The van der Waals surface area contributed by atoms with Crippen molar-refractivity contribution < 1.29 is 9.90 Å². The molecule has 5 heteroatoms. The summed E-state index contributed by atoms with van der Waals surface area (Å²) < 4.78 is 0.925. The van der Waals surface area contributed by atoms with Crippen LogP contribution in [0.3, 0.4) is 0 Å². The minimum atomic E-state index is -0.803. The first kappa shape index (κ1) is 12.3. The van der Waals surface area contributed by atoms with Crippen LogP contribution in [0, 0.1) is 5.92 Å². The van der Waals surface area contributed by atoms with Crippen LogP contribution in [0.1, 0.15) is 24.8 Å². The predicted octanol–water partition coefficient (Wildman–Crippen LogP) is 3.77. The molecule has 1 heterocycles. The number of hydrogen-bond acceptors (Lipinski definition) is 3. The predicted molar refractivity (Wildman–Crippen MR) is 69.8 cm³/mol. The Morgan fingerprint density at radius 2 is 2.18 bits per heavy atom. The number of rotatable bonds is 3. The normalized spacial score (nSPS) is 14.8. The van der Waals surface area contributed by atoms with E-state index in [1.54, 1.807) is 6.92 Å². The molecule has 0 fully saturated rings. The summed E-state index contributed by atoms with van der Waals surface area (Å²) in [7, 11) is 0. The van der Waals surface area contributed by atoms with Crippen LogP contribution < -0.4 is 0 Å². The van der Waals surface area contributed by atoms with Gasteiger partial charge in [-0.05, 0) is 12.1 Å². The lowest BCUT2D eigenvalue weighted by Gasteiger charge is -2.12. The van der Waals surface area contributed by atoms with E-state index in [1.807, 2.05) is 25.1 Å². The Balaban J connectivity index is 2.43. The number of carboxylic acid groups (broad SMARTS) is 1. The highest BCUT2D eigenvalue weighted by Gasteiger charge is 2.24. The zero-order valence-electron chi connectivity index (χ0n) is 9.48. The van der Waals surface area contributed by atoms with Gasteiger partial charge in [0.1, 0.15) is 0 Å². The van der Waals surface area contributed by atoms with Crippen molar-refractivity contribution >= 4 is 39.1 Å². The van der Waals surface area contributed by atoms with Crippen molar-refractivity contribution in [3.05, 3.63) is 28.2 Å². The van der Waals surface area contributed by atoms with Crippen LogP contribution in [-0.4, -0.2) is 16.1 Å². The summed E-state index contributed by atoms with van der Waals surface area (Å²) in [5, 5.41) is 10.5. The second-order valence-electron chi connectivity index (χ2n) is 4.06. The number of aromatic nitrogens is 1. The second kappa shape index (κ2) is 4.63. The minimum Gasteiger partial charge on any atom is -0.481 e. The standard InChI is InChI=1S/C12H12ClNO2S/c1-6(7(2)12(15)16)11-14-9-5-3-4-8(13)10(9)17-11/h3-7H,1-2H3,(H,15,16). The molecule has 2 atom stereocenters. The molecule has 90 valence electrons. The van der Waals surface area contributed by atoms with Crippen LogP contribution in [0.15, 0.2) is 18.2 Å². The third-order valence-electron chi connectivity index (χ3n) is 2.91. The van der Waals surface area contributed by atoms with E-state index in [2.05, 4.69) is 4.98 Å². The summed E-state index contributed by atoms with van der Waals surface area (Å²) in [6.45, 7) is 3.57. The number of thiazole rings is 1. The van der Waals surface area contributed by atoms with Crippen molar-refractivity contribution in [2.24, 2.45) is 5.92 Å². The molecule has 0 amide bonds. The van der Waals surface area contributed by atoms with E-state index in [-0.39, 0.29) is 5.92 Å². The molecule has 1 aromatic carbocycles. The third-order valence-corrected chi connectivity index (χ3v) is 4.64. The van der Waals surface area contributed by atoms with Gasteiger partial charge >= 0.3 is 5.97 Å². The molecule has 0 saturated heterocycles. The minimum absolute atomic E-state index is 0.110. The van der Waals surface area contributed by atoms with Crippen LogP contribution in [0.2, 0.25) is 5.02 Å². The topological polar surface area (TPSA) is 50.2 Å². The highest BCUT2D eigenvalue weighted by molar-refractivity contribution is 7.19. The molecule has 0 aliphatic heterocycles. The van der Waals surface area contributed by atoms with Crippen molar-refractivity contribution in [2.45, 2.75) is 19.8 Å². The van der Waals surface area contributed by atoms with E-state index < -0.39 is 11.9 Å². The van der Waals surface area contributed by atoms with Crippen LogP contribution in [0.4, 0.5) is 0 Å². The summed E-state index contributed by atoms with van der Waals surface area (Å²) in [6, 6.07) is 5.55. The Labute approximate surface area is 108 Å². The lowest BCUT2D eigenvalue weighted by molar-refractivity contribution is -0.141. The molecule has 0 saturated carbocycles. The highest BCUT2D eigenvalue weighted by atomic mass is 35.5. The Morgan fingerprint density at radius 3 is 2.76 bits per heavy atom. The van der Waals surface area contributed by atoms with E-state index in [9.17, 15) is 4.79 Å². The molecular formula is C12H12ClNO2S. The van der Waals surface area contributed by atoms with Crippen LogP contribution in [-0.2, 0) is 4.79 Å². The molecule has 2 rings (SSSR count). The summed E-state index contributed by atoms with van der Waals surface area (Å²) in [5.41, 5.74) is 0.835. The maximum atomic E-state index is 10.9. The van der Waals surface area contributed by atoms with Crippen molar-refractivity contribution in [3.63, 3.8) is 0 Å². The Bertz CT molecular complexity index is 567. The largest absolute Gasteiger partial charge is 0.481 e. The fourth-order valence-corrected chi connectivity index (χ4v) is 2.97. The highest BCUT2D eigenvalue weighted by Crippen LogP contribution is 2.35. The van der Waals surface area contributed by atoms with Crippen LogP contribution in [0.5, 0.6) is 0 Å². The van der Waals surface area contributed by atoms with Gasteiger partial charge in [-0.2, -0.15) is 0 Å². The fourth-order valence-electron chi connectivity index (χ4n) is 1.56. The van der Waals surface area contributed by atoms with Crippen molar-refractivity contribution in [3.8, 4) is 0 Å². The molecule has 3 nitrogen and oxygen atoms in total. The summed E-state index contributed by atoms with van der Waals surface area (Å²) in [4.78, 5) is 15.4. The van der Waals surface area contributed by atoms with Gasteiger partial charge < -0.3 is 5.11 Å². The first-order valence-corrected chi connectivity index (χ1v) is 6.48. The third kappa shape index (κ3) is 2.28. The average molecular weight is 270 g/mol. The smallest absolute Gasteiger partial charge is 0.306 e. The van der Waals surface area contributed by atoms with Crippen LogP contribution >= 0.6 is 22.9 Å². The lowest BCUT2D eigenvalue weighted by atomic mass is 9.97. The maximum Gasteiger partial charge on any atom is 0.306 e. The molecule has 0 spiro atoms. The van der Waals surface area contributed by atoms with Gasteiger partial charge in [-0.25, -0.2) is 4.98 Å². The number of halogens is 1. The molecule has 1 aromatic heterocycles. The van der Waals surface area contributed by atoms with Gasteiger partial charge in [0.15, 0.2) is 0 Å². The molecule has 0 radical (unpaired) electrons. The van der Waals surface area contributed by atoms with Gasteiger partial charge in [0, 0.05) is 5.92 Å². The van der Waals surface area contributed by atoms with Crippen molar-refractivity contribution in [1.82, 2.24) is 4.98 Å². The van der Waals surface area contributed by atoms with E-state index >= 15 is 0 Å². The Morgan fingerprint density at radius 1 is 1.47 bits per heavy atom. The number of carboxylic acids is 1. The summed E-state index contributed by atoms with van der Waals surface area (Å²) in [6.07, 6.45) is 0. The molecule has 0 aliphatic rings. The second-order valence-corrected chi connectivity index (χ2v) is 5.49. The van der Waals surface area contributed by atoms with E-state index in [0.717, 1.165) is 15.2 Å². The zero-order valence-corrected chi connectivity index (χ0v) is 11.0. The van der Waals surface area contributed by atoms with Gasteiger partial charge in [-0.15, -0.1) is 11.3 Å². The van der Waals surface area contributed by atoms with Gasteiger partial charge in [-0.3, -0.25) is 4.79 Å². The van der Waals surface area contributed by atoms with Gasteiger partial charge in [0.05, 0.1) is 26.2 Å². The van der Waals surface area contributed by atoms with Gasteiger partial charge in [0.2, 0.25) is 0 Å². The number of fused-ring (bicyclic) bond motifs is 1. The maximum absolute atomic E-state index is 10.9. The number of aliphatic carboxylic acids is 1. The molecule has 0 bridgehead atoms. The summed E-state index contributed by atoms with van der Waals surface area (Å²) in [5.74, 6) is -1.36. The zero-order chi connectivity index (χ0) is 12.6. The molecule has 1 N–H and O–H groups in total. The monoisotopic (exact) mass is 269 g/mol. The van der Waals surface area contributed by atoms with Crippen molar-refractivity contribution in [2.75, 3.05) is 0 Å². The SMILES string of the molecule is CC(C(=O)O)C(C)c1nc2cccc(Cl)c2s1. The van der Waals surface area contributed by atoms with Crippen LogP contribution in [0.25, 0.3) is 10.2 Å². The van der Waals surface area contributed by atoms with E-state index in [4.69, 9.17) is 16.7 Å². The average Bonchev–Trinajstić information content (AvgIpc) is 2.72. The van der Waals surface area contributed by atoms with Crippen molar-refractivity contribution in [1.29, 1.82) is 0 Å². The lowest BCUT2D eigenvalue weighted by Crippen LogP contribution is -2.16. The van der Waals surface area contributed by atoms with Gasteiger partial charge in [-0.1, -0.05) is 31.5 Å². The number of hydrogen-bond donors (Lipinski definition) is 1. The number of benzene rings is 1. The molecule has 0 aliphatic carbocycles. The molecule has 2 aromatic rings. The number of carbonyl (C=O) groups is 1. The molecule has 17 heavy (non-hydrogen) atoms. The Kier molecular flexibility index (Phi) is 3.35. The quantitative estimate of drug-likeness (QED) is 0.923.